The SMILES string of the molecule is CCN1c2cc(F)c(/C=C3/NC(=O)N(CC(=O)Nc4cccc(C)c4)C3=O)cc2C(C)=CC1(C)C. The van der Waals surface area contributed by atoms with Gasteiger partial charge in [-0.2, -0.15) is 0 Å². The second-order valence-electron chi connectivity index (χ2n) is 9.41. The third-order valence-corrected chi connectivity index (χ3v) is 6.28. The van der Waals surface area contributed by atoms with Crippen LogP contribution < -0.4 is 15.5 Å². The quantitative estimate of drug-likeness (QED) is 0.485. The van der Waals surface area contributed by atoms with E-state index in [1.54, 1.807) is 24.3 Å². The van der Waals surface area contributed by atoms with Crippen molar-refractivity contribution in [1.29, 1.82) is 0 Å². The molecule has 2 aromatic rings. The summed E-state index contributed by atoms with van der Waals surface area (Å²) in [5.41, 5.74) is 4.04. The third kappa shape index (κ3) is 4.69. The summed E-state index contributed by atoms with van der Waals surface area (Å²) in [5.74, 6) is -1.70. The number of urea groups is 1. The summed E-state index contributed by atoms with van der Waals surface area (Å²) in [4.78, 5) is 40.6. The molecular weight excluding hydrogens is 447 g/mol. The van der Waals surface area contributed by atoms with Crippen LogP contribution in [0.25, 0.3) is 11.6 Å². The molecule has 0 bridgehead atoms. The van der Waals surface area contributed by atoms with Crippen LogP contribution in [-0.4, -0.2) is 41.4 Å². The van der Waals surface area contributed by atoms with Crippen LogP contribution in [0.4, 0.5) is 20.6 Å². The molecule has 0 aromatic heterocycles. The number of amides is 4. The van der Waals surface area contributed by atoms with E-state index in [2.05, 4.69) is 35.5 Å². The topological polar surface area (TPSA) is 81.8 Å². The summed E-state index contributed by atoms with van der Waals surface area (Å²) in [7, 11) is 0. The lowest BCUT2D eigenvalue weighted by atomic mass is 9.88. The number of benzene rings is 2. The van der Waals surface area contributed by atoms with E-state index in [1.807, 2.05) is 26.8 Å². The first-order valence-electron chi connectivity index (χ1n) is 11.5. The molecule has 4 rings (SSSR count). The lowest BCUT2D eigenvalue weighted by Gasteiger charge is -2.42. The molecule has 8 heteroatoms. The van der Waals surface area contributed by atoms with Crippen LogP contribution in [0.15, 0.2) is 48.2 Å². The van der Waals surface area contributed by atoms with Crippen LogP contribution in [0.5, 0.6) is 0 Å². The molecule has 2 aliphatic rings. The predicted octanol–water partition coefficient (Wildman–Crippen LogP) is 4.69. The second-order valence-corrected chi connectivity index (χ2v) is 9.41. The highest BCUT2D eigenvalue weighted by atomic mass is 19.1. The molecular formula is C27H29FN4O3. The van der Waals surface area contributed by atoms with Gasteiger partial charge in [-0.15, -0.1) is 0 Å². The van der Waals surface area contributed by atoms with Crippen LogP contribution in [-0.2, 0) is 9.59 Å². The molecule has 2 aliphatic heterocycles. The van der Waals surface area contributed by atoms with Crippen molar-refractivity contribution in [3.05, 3.63) is 70.7 Å². The van der Waals surface area contributed by atoms with Crippen LogP contribution in [0.1, 0.15) is 44.4 Å². The van der Waals surface area contributed by atoms with Gasteiger partial charge in [0.15, 0.2) is 0 Å². The fourth-order valence-corrected chi connectivity index (χ4v) is 4.74. The molecule has 2 aromatic carbocycles. The van der Waals surface area contributed by atoms with E-state index in [-0.39, 0.29) is 16.8 Å². The van der Waals surface area contributed by atoms with Crippen molar-refractivity contribution in [3.8, 4) is 0 Å². The second kappa shape index (κ2) is 9.02. The maximum atomic E-state index is 15.1. The zero-order chi connectivity index (χ0) is 25.5. The van der Waals surface area contributed by atoms with Crippen molar-refractivity contribution in [2.75, 3.05) is 23.3 Å². The maximum absolute atomic E-state index is 15.1. The number of fused-ring (bicyclic) bond motifs is 1. The number of carbonyl (C=O) groups is 3. The minimum absolute atomic E-state index is 0.0812. The molecule has 0 saturated carbocycles. The van der Waals surface area contributed by atoms with Gasteiger partial charge in [0, 0.05) is 29.0 Å². The lowest BCUT2D eigenvalue weighted by molar-refractivity contribution is -0.127. The van der Waals surface area contributed by atoms with Gasteiger partial charge in [0.2, 0.25) is 5.91 Å². The highest BCUT2D eigenvalue weighted by Gasteiger charge is 2.36. The summed E-state index contributed by atoms with van der Waals surface area (Å²) in [5, 5.41) is 5.14. The Hall–Kier alpha value is -3.94. The number of imide groups is 1. The molecule has 0 radical (unpaired) electrons. The molecule has 7 nitrogen and oxygen atoms in total. The van der Waals surface area contributed by atoms with E-state index in [4.69, 9.17) is 0 Å². The molecule has 1 saturated heterocycles. The van der Waals surface area contributed by atoms with Gasteiger partial charge in [-0.1, -0.05) is 18.2 Å². The van der Waals surface area contributed by atoms with Crippen molar-refractivity contribution < 1.29 is 18.8 Å². The largest absolute Gasteiger partial charge is 0.363 e. The zero-order valence-electron chi connectivity index (χ0n) is 20.5. The van der Waals surface area contributed by atoms with Gasteiger partial charge in [0.25, 0.3) is 5.91 Å². The van der Waals surface area contributed by atoms with Gasteiger partial charge in [-0.05, 0) is 76.1 Å². The molecule has 0 atom stereocenters. The predicted molar refractivity (Wildman–Crippen MR) is 135 cm³/mol. The Morgan fingerprint density at radius 3 is 2.60 bits per heavy atom. The first-order chi connectivity index (χ1) is 16.5. The maximum Gasteiger partial charge on any atom is 0.329 e. The first kappa shape index (κ1) is 24.2. The van der Waals surface area contributed by atoms with Gasteiger partial charge in [0.05, 0.1) is 5.54 Å². The molecule has 182 valence electrons. The van der Waals surface area contributed by atoms with Gasteiger partial charge < -0.3 is 15.5 Å². The summed E-state index contributed by atoms with van der Waals surface area (Å²) in [6.07, 6.45) is 3.45. The normalized spacial score (nSPS) is 17.9. The number of rotatable bonds is 5. The van der Waals surface area contributed by atoms with Crippen LogP contribution >= 0.6 is 0 Å². The average Bonchev–Trinajstić information content (AvgIpc) is 3.02. The van der Waals surface area contributed by atoms with Crippen LogP contribution in [0.2, 0.25) is 0 Å². The number of halogens is 1. The van der Waals surface area contributed by atoms with Gasteiger partial charge in [-0.25, -0.2) is 14.1 Å². The van der Waals surface area contributed by atoms with E-state index in [0.717, 1.165) is 27.3 Å². The van der Waals surface area contributed by atoms with E-state index in [1.165, 1.54) is 12.1 Å². The van der Waals surface area contributed by atoms with Crippen molar-refractivity contribution in [2.24, 2.45) is 0 Å². The molecule has 4 amide bonds. The summed E-state index contributed by atoms with van der Waals surface area (Å²) in [6, 6.07) is 9.62. The minimum Gasteiger partial charge on any atom is -0.363 e. The molecule has 0 spiro atoms. The number of anilines is 2. The van der Waals surface area contributed by atoms with Gasteiger partial charge in [0.1, 0.15) is 18.1 Å². The number of allylic oxidation sites excluding steroid dienone is 1. The van der Waals surface area contributed by atoms with Crippen molar-refractivity contribution in [3.63, 3.8) is 0 Å². The zero-order valence-corrected chi connectivity index (χ0v) is 20.5. The highest BCUT2D eigenvalue weighted by Crippen LogP contribution is 2.40. The van der Waals surface area contributed by atoms with Crippen molar-refractivity contribution in [1.82, 2.24) is 10.2 Å². The Balaban J connectivity index is 1.57. The smallest absolute Gasteiger partial charge is 0.329 e. The minimum atomic E-state index is -0.728. The lowest BCUT2D eigenvalue weighted by Crippen LogP contribution is -2.45. The molecule has 2 heterocycles. The van der Waals surface area contributed by atoms with Crippen LogP contribution in [0, 0.1) is 12.7 Å². The highest BCUT2D eigenvalue weighted by molar-refractivity contribution is 6.16. The molecule has 35 heavy (non-hydrogen) atoms. The number of hydrogen-bond donors (Lipinski definition) is 2. The Bertz CT molecular complexity index is 1300. The van der Waals surface area contributed by atoms with Gasteiger partial charge >= 0.3 is 6.03 Å². The number of nitrogens with one attached hydrogen (secondary N) is 2. The fraction of sp³-hybridized carbons (Fsp3) is 0.296. The van der Waals surface area contributed by atoms with Crippen molar-refractivity contribution >= 4 is 40.9 Å². The number of carbonyl (C=O) groups excluding carboxylic acids is 3. The fourth-order valence-electron chi connectivity index (χ4n) is 4.74. The van der Waals surface area contributed by atoms with Gasteiger partial charge in [-0.3, -0.25) is 9.59 Å². The van der Waals surface area contributed by atoms with Crippen molar-refractivity contribution in [2.45, 2.75) is 40.2 Å². The first-order valence-corrected chi connectivity index (χ1v) is 11.5. The number of hydrogen-bond acceptors (Lipinski definition) is 4. The van der Waals surface area contributed by atoms with E-state index < -0.39 is 30.2 Å². The Morgan fingerprint density at radius 2 is 1.91 bits per heavy atom. The monoisotopic (exact) mass is 476 g/mol. The summed E-state index contributed by atoms with van der Waals surface area (Å²) in [6.45, 7) is 10.3. The molecule has 1 fully saturated rings. The van der Waals surface area contributed by atoms with E-state index in [9.17, 15) is 14.4 Å². The van der Waals surface area contributed by atoms with Crippen LogP contribution in [0.3, 0.4) is 0 Å². The summed E-state index contributed by atoms with van der Waals surface area (Å²) >= 11 is 0. The van der Waals surface area contributed by atoms with E-state index in [0.29, 0.717) is 12.2 Å². The summed E-state index contributed by atoms with van der Waals surface area (Å²) < 4.78 is 15.1. The molecule has 2 N–H and O–H groups in total. The number of aryl methyl sites for hydroxylation is 1. The Kier molecular flexibility index (Phi) is 6.23. The number of nitrogens with zero attached hydrogens (tertiary/aromatic N) is 2. The Labute approximate surface area is 204 Å². The third-order valence-electron chi connectivity index (χ3n) is 6.28. The standard InChI is InChI=1S/C27H29FN4O3/c1-6-32-23-13-21(28)18(11-20(23)17(3)14-27(32,4)5)12-22-25(34)31(26(35)30-22)15-24(33)29-19-9-7-8-16(2)10-19/h7-14H,6,15H2,1-5H3,(H,29,33)(H,30,35)/b22-12+. The molecule has 0 unspecified atom stereocenters. The van der Waals surface area contributed by atoms with E-state index >= 15 is 4.39 Å². The average molecular weight is 477 g/mol. The molecule has 0 aliphatic carbocycles. The Morgan fingerprint density at radius 1 is 1.17 bits per heavy atom. The number of likely N-dealkylation sites (N-methyl/N-ethyl adjacent to an activating group) is 1.